The van der Waals surface area contributed by atoms with E-state index in [1.807, 2.05) is 49.4 Å². The van der Waals surface area contributed by atoms with Gasteiger partial charge in [-0.3, -0.25) is 14.5 Å². The lowest BCUT2D eigenvalue weighted by Crippen LogP contribution is -2.24. The zero-order valence-corrected chi connectivity index (χ0v) is 16.9. The first-order valence-corrected chi connectivity index (χ1v) is 11.3. The molecule has 4 rings (SSSR count). The zero-order valence-electron chi connectivity index (χ0n) is 16.1. The number of nitrogens with one attached hydrogen (secondary N) is 1. The molecule has 0 spiro atoms. The molecule has 0 aliphatic carbocycles. The number of nitrogens with zero attached hydrogens (tertiary/aromatic N) is 3. The van der Waals surface area contributed by atoms with Gasteiger partial charge in [-0.2, -0.15) is 5.10 Å². The molecule has 7 nitrogen and oxygen atoms in total. The molecular formula is C21H22N4O3S. The fourth-order valence-electron chi connectivity index (χ4n) is 3.46. The Bertz CT molecular complexity index is 1120. The minimum atomic E-state index is -3.08. The second kappa shape index (κ2) is 7.79. The molecule has 29 heavy (non-hydrogen) atoms. The van der Waals surface area contributed by atoms with Crippen molar-refractivity contribution < 1.29 is 13.2 Å². The summed E-state index contributed by atoms with van der Waals surface area (Å²) in [6.45, 7) is 2.30. The standard InChI is InChI=1S/C21H22N4O3S/c1-15-5-7-16(8-6-15)20-12-19(21(26)23-13-17-4-2-3-10-22-17)24-25(20)18-9-11-29(27,28)14-18/h2-8,10,12,18H,9,11,13-14H2,1H3,(H,23,26). The third kappa shape index (κ3) is 4.37. The Morgan fingerprint density at radius 3 is 2.66 bits per heavy atom. The Morgan fingerprint density at radius 1 is 1.21 bits per heavy atom. The van der Waals surface area contributed by atoms with Gasteiger partial charge in [0.25, 0.3) is 5.91 Å². The Kier molecular flexibility index (Phi) is 5.19. The molecule has 2 aromatic heterocycles. The third-order valence-corrected chi connectivity index (χ3v) is 6.78. The van der Waals surface area contributed by atoms with Crippen LogP contribution in [0.4, 0.5) is 0 Å². The van der Waals surface area contributed by atoms with Gasteiger partial charge in [-0.25, -0.2) is 8.42 Å². The van der Waals surface area contributed by atoms with Crippen LogP contribution in [-0.2, 0) is 16.4 Å². The van der Waals surface area contributed by atoms with Crippen LogP contribution < -0.4 is 5.32 Å². The molecule has 1 amide bonds. The summed E-state index contributed by atoms with van der Waals surface area (Å²) in [7, 11) is -3.08. The predicted octanol–water partition coefficient (Wildman–Crippen LogP) is 2.54. The van der Waals surface area contributed by atoms with Gasteiger partial charge in [0.1, 0.15) is 0 Å². The minimum absolute atomic E-state index is 0.0442. The lowest BCUT2D eigenvalue weighted by atomic mass is 10.1. The average molecular weight is 410 g/mol. The molecule has 1 fully saturated rings. The largest absolute Gasteiger partial charge is 0.345 e. The second-order valence-corrected chi connectivity index (χ2v) is 9.51. The predicted molar refractivity (Wildman–Crippen MR) is 110 cm³/mol. The number of benzene rings is 1. The van der Waals surface area contributed by atoms with E-state index in [9.17, 15) is 13.2 Å². The first-order valence-electron chi connectivity index (χ1n) is 9.46. The number of hydrogen-bond donors (Lipinski definition) is 1. The van der Waals surface area contributed by atoms with E-state index in [1.165, 1.54) is 0 Å². The van der Waals surface area contributed by atoms with E-state index in [0.29, 0.717) is 13.0 Å². The van der Waals surface area contributed by atoms with Crippen molar-refractivity contribution in [2.45, 2.75) is 25.9 Å². The van der Waals surface area contributed by atoms with Crippen LogP contribution in [0.1, 0.15) is 34.2 Å². The fourth-order valence-corrected chi connectivity index (χ4v) is 5.15. The van der Waals surface area contributed by atoms with E-state index in [1.54, 1.807) is 16.9 Å². The van der Waals surface area contributed by atoms with Crippen molar-refractivity contribution >= 4 is 15.7 Å². The van der Waals surface area contributed by atoms with Crippen molar-refractivity contribution in [3.05, 3.63) is 71.7 Å². The van der Waals surface area contributed by atoms with Crippen molar-refractivity contribution in [2.24, 2.45) is 0 Å². The van der Waals surface area contributed by atoms with Crippen molar-refractivity contribution in [2.75, 3.05) is 11.5 Å². The minimum Gasteiger partial charge on any atom is -0.345 e. The molecule has 150 valence electrons. The highest BCUT2D eigenvalue weighted by Gasteiger charge is 2.32. The summed E-state index contributed by atoms with van der Waals surface area (Å²) < 4.78 is 25.7. The summed E-state index contributed by atoms with van der Waals surface area (Å²) in [4.78, 5) is 16.9. The topological polar surface area (TPSA) is 93.9 Å². The van der Waals surface area contributed by atoms with Crippen molar-refractivity contribution in [3.8, 4) is 11.3 Å². The number of sulfone groups is 1. The number of aryl methyl sites for hydroxylation is 1. The van der Waals surface area contributed by atoms with E-state index < -0.39 is 9.84 Å². The van der Waals surface area contributed by atoms with Crippen LogP contribution in [0.15, 0.2) is 54.7 Å². The number of carbonyl (C=O) groups excluding carboxylic acids is 1. The van der Waals surface area contributed by atoms with Crippen molar-refractivity contribution in [3.63, 3.8) is 0 Å². The van der Waals surface area contributed by atoms with Crippen molar-refractivity contribution in [1.29, 1.82) is 0 Å². The van der Waals surface area contributed by atoms with Gasteiger partial charge in [-0.15, -0.1) is 0 Å². The maximum absolute atomic E-state index is 12.7. The molecule has 0 radical (unpaired) electrons. The number of aromatic nitrogens is 3. The molecule has 0 bridgehead atoms. The number of rotatable bonds is 5. The van der Waals surface area contributed by atoms with E-state index >= 15 is 0 Å². The van der Waals surface area contributed by atoms with Crippen molar-refractivity contribution in [1.82, 2.24) is 20.1 Å². The zero-order chi connectivity index (χ0) is 20.4. The summed E-state index contributed by atoms with van der Waals surface area (Å²) >= 11 is 0. The normalized spacial score (nSPS) is 17.9. The van der Waals surface area contributed by atoms with Gasteiger partial charge in [0.2, 0.25) is 0 Å². The molecule has 1 saturated heterocycles. The summed E-state index contributed by atoms with van der Waals surface area (Å²) in [5.41, 5.74) is 3.78. The van der Waals surface area contributed by atoms with E-state index in [0.717, 1.165) is 22.5 Å². The van der Waals surface area contributed by atoms with Crippen LogP contribution in [0.5, 0.6) is 0 Å². The number of pyridine rings is 1. The van der Waals surface area contributed by atoms with Gasteiger partial charge in [0.15, 0.2) is 15.5 Å². The van der Waals surface area contributed by atoms with Gasteiger partial charge >= 0.3 is 0 Å². The molecule has 1 aliphatic heterocycles. The van der Waals surface area contributed by atoms with Crippen LogP contribution >= 0.6 is 0 Å². The summed E-state index contributed by atoms with van der Waals surface area (Å²) in [6, 6.07) is 14.9. The van der Waals surface area contributed by atoms with Gasteiger partial charge in [0.05, 0.1) is 35.5 Å². The molecule has 1 N–H and O–H groups in total. The lowest BCUT2D eigenvalue weighted by Gasteiger charge is -2.13. The van der Waals surface area contributed by atoms with E-state index in [2.05, 4.69) is 15.4 Å². The Balaban J connectivity index is 1.63. The molecule has 8 heteroatoms. The van der Waals surface area contributed by atoms with Gasteiger partial charge in [-0.05, 0) is 37.1 Å². The van der Waals surface area contributed by atoms with Gasteiger partial charge < -0.3 is 5.32 Å². The Hall–Kier alpha value is -3.00. The molecule has 0 saturated carbocycles. The summed E-state index contributed by atoms with van der Waals surface area (Å²) in [6.07, 6.45) is 2.17. The molecule has 1 atom stereocenters. The Labute approximate surface area is 169 Å². The molecule has 1 unspecified atom stereocenters. The van der Waals surface area contributed by atoms with Crippen LogP contribution in [0, 0.1) is 6.92 Å². The maximum Gasteiger partial charge on any atom is 0.272 e. The molecule has 3 heterocycles. The summed E-state index contributed by atoms with van der Waals surface area (Å²) in [5, 5.41) is 7.32. The highest BCUT2D eigenvalue weighted by atomic mass is 32.2. The monoisotopic (exact) mass is 410 g/mol. The van der Waals surface area contributed by atoms with Crippen LogP contribution in [0.25, 0.3) is 11.3 Å². The van der Waals surface area contributed by atoms with E-state index in [-0.39, 0.29) is 29.1 Å². The number of hydrogen-bond acceptors (Lipinski definition) is 5. The molecule has 3 aromatic rings. The lowest BCUT2D eigenvalue weighted by molar-refractivity contribution is 0.0944. The SMILES string of the molecule is Cc1ccc(-c2cc(C(=O)NCc3ccccn3)nn2C2CCS(=O)(=O)C2)cc1. The first-order chi connectivity index (χ1) is 13.9. The summed E-state index contributed by atoms with van der Waals surface area (Å²) in [5.74, 6) is -0.127. The average Bonchev–Trinajstić information content (AvgIpc) is 3.31. The molecule has 1 aromatic carbocycles. The van der Waals surface area contributed by atoms with Gasteiger partial charge in [0, 0.05) is 6.20 Å². The first kappa shape index (κ1) is 19.3. The fraction of sp³-hybridized carbons (Fsp3) is 0.286. The highest BCUT2D eigenvalue weighted by molar-refractivity contribution is 7.91. The van der Waals surface area contributed by atoms with Crippen LogP contribution in [-0.4, -0.2) is 40.6 Å². The smallest absolute Gasteiger partial charge is 0.272 e. The maximum atomic E-state index is 12.7. The molecular weight excluding hydrogens is 388 g/mol. The molecule has 1 aliphatic rings. The van der Waals surface area contributed by atoms with Crippen LogP contribution in [0.3, 0.4) is 0 Å². The highest BCUT2D eigenvalue weighted by Crippen LogP contribution is 2.30. The quantitative estimate of drug-likeness (QED) is 0.698. The van der Waals surface area contributed by atoms with E-state index in [4.69, 9.17) is 0 Å². The Morgan fingerprint density at radius 2 is 2.00 bits per heavy atom. The van der Waals surface area contributed by atoms with Gasteiger partial charge in [-0.1, -0.05) is 35.9 Å². The number of carbonyl (C=O) groups is 1. The second-order valence-electron chi connectivity index (χ2n) is 7.29. The third-order valence-electron chi connectivity index (χ3n) is 5.03. The number of amides is 1. The van der Waals surface area contributed by atoms with Crippen LogP contribution in [0.2, 0.25) is 0 Å².